The summed E-state index contributed by atoms with van der Waals surface area (Å²) in [4.78, 5) is 0. The second-order valence-electron chi connectivity index (χ2n) is 3.94. The van der Waals surface area contributed by atoms with Crippen LogP contribution in [0.4, 0.5) is 0 Å². The molecule has 0 aliphatic heterocycles. The number of allylic oxidation sites excluding steroid dienone is 2. The fraction of sp³-hybridized carbons (Fsp3) is 0.727. The molecule has 0 heterocycles. The van der Waals surface area contributed by atoms with Crippen molar-refractivity contribution in [3.8, 4) is 6.07 Å². The Labute approximate surface area is 75.1 Å². The van der Waals surface area contributed by atoms with Gasteiger partial charge in [-0.15, -0.1) is 0 Å². The highest BCUT2D eigenvalue weighted by molar-refractivity contribution is 5.18. The summed E-state index contributed by atoms with van der Waals surface area (Å²) in [7, 11) is 0. The van der Waals surface area contributed by atoms with Gasteiger partial charge in [-0.1, -0.05) is 25.8 Å². The van der Waals surface area contributed by atoms with Crippen LogP contribution in [0.3, 0.4) is 0 Å². The lowest BCUT2D eigenvalue weighted by molar-refractivity contribution is 0.357. The Hall–Kier alpha value is -0.770. The lowest BCUT2D eigenvalue weighted by Crippen LogP contribution is -2.15. The minimum Gasteiger partial charge on any atom is -0.193 e. The lowest BCUT2D eigenvalue weighted by Gasteiger charge is -2.27. The van der Waals surface area contributed by atoms with Crippen LogP contribution in [-0.2, 0) is 0 Å². The predicted molar refractivity (Wildman–Crippen MR) is 50.5 cm³/mol. The molecular formula is C11H17N. The molecule has 0 aromatic heterocycles. The second kappa shape index (κ2) is 4.30. The highest BCUT2D eigenvalue weighted by atomic mass is 14.3. The minimum absolute atomic E-state index is 0.679. The first-order valence-corrected chi connectivity index (χ1v) is 4.84. The number of rotatable bonds is 1. The van der Waals surface area contributed by atoms with E-state index in [0.717, 1.165) is 6.42 Å². The molecule has 1 unspecified atom stereocenters. The van der Waals surface area contributed by atoms with Crippen molar-refractivity contribution in [2.24, 2.45) is 11.8 Å². The van der Waals surface area contributed by atoms with Crippen LogP contribution < -0.4 is 0 Å². The first-order valence-electron chi connectivity index (χ1n) is 4.84. The summed E-state index contributed by atoms with van der Waals surface area (Å²) in [6.45, 7) is 4.50. The highest BCUT2D eigenvalue weighted by Crippen LogP contribution is 2.34. The van der Waals surface area contributed by atoms with Crippen LogP contribution >= 0.6 is 0 Å². The number of nitrogens with zero attached hydrogens (tertiary/aromatic N) is 1. The maximum atomic E-state index is 8.59. The van der Waals surface area contributed by atoms with Crippen LogP contribution in [0.25, 0.3) is 0 Å². The summed E-state index contributed by atoms with van der Waals surface area (Å²) in [5.41, 5.74) is 1.39. The molecule has 0 N–H and O–H groups in total. The SMILES string of the molecule is CC(C)C1CCCCC1=CC#N. The molecule has 0 aromatic rings. The zero-order valence-corrected chi connectivity index (χ0v) is 8.01. The Bertz CT molecular complexity index is 208. The molecule has 0 aromatic carbocycles. The van der Waals surface area contributed by atoms with Gasteiger partial charge >= 0.3 is 0 Å². The summed E-state index contributed by atoms with van der Waals surface area (Å²) in [6.07, 6.45) is 6.81. The molecule has 0 spiro atoms. The maximum absolute atomic E-state index is 8.59. The van der Waals surface area contributed by atoms with Gasteiger partial charge in [0.1, 0.15) is 0 Å². The van der Waals surface area contributed by atoms with Crippen molar-refractivity contribution in [2.45, 2.75) is 39.5 Å². The maximum Gasteiger partial charge on any atom is 0.0911 e. The Kier molecular flexibility index (Phi) is 3.34. The Morgan fingerprint density at radius 3 is 2.83 bits per heavy atom. The molecule has 0 saturated heterocycles. The smallest absolute Gasteiger partial charge is 0.0911 e. The van der Waals surface area contributed by atoms with E-state index < -0.39 is 0 Å². The van der Waals surface area contributed by atoms with E-state index in [1.165, 1.54) is 24.8 Å². The van der Waals surface area contributed by atoms with Crippen LogP contribution in [0, 0.1) is 23.2 Å². The zero-order chi connectivity index (χ0) is 8.97. The average molecular weight is 163 g/mol. The molecule has 1 atom stereocenters. The standard InChI is InChI=1S/C11H17N/c1-9(2)11-6-4-3-5-10(11)7-8-12/h7,9,11H,3-6H2,1-2H3. The van der Waals surface area contributed by atoms with Crippen molar-refractivity contribution < 1.29 is 0 Å². The van der Waals surface area contributed by atoms with Gasteiger partial charge in [-0.3, -0.25) is 0 Å². The van der Waals surface area contributed by atoms with Crippen molar-refractivity contribution in [3.63, 3.8) is 0 Å². The summed E-state index contributed by atoms with van der Waals surface area (Å²) >= 11 is 0. The number of nitriles is 1. The van der Waals surface area contributed by atoms with Crippen LogP contribution in [0.1, 0.15) is 39.5 Å². The van der Waals surface area contributed by atoms with Gasteiger partial charge in [0.2, 0.25) is 0 Å². The summed E-state index contributed by atoms with van der Waals surface area (Å²) < 4.78 is 0. The summed E-state index contributed by atoms with van der Waals surface area (Å²) in [5, 5.41) is 8.59. The van der Waals surface area contributed by atoms with Gasteiger partial charge in [0.25, 0.3) is 0 Å². The van der Waals surface area contributed by atoms with E-state index in [4.69, 9.17) is 5.26 Å². The molecular weight excluding hydrogens is 146 g/mol. The first-order chi connectivity index (χ1) is 5.75. The van der Waals surface area contributed by atoms with Gasteiger partial charge in [-0.2, -0.15) is 5.26 Å². The highest BCUT2D eigenvalue weighted by Gasteiger charge is 2.21. The fourth-order valence-electron chi connectivity index (χ4n) is 2.09. The molecule has 12 heavy (non-hydrogen) atoms. The average Bonchev–Trinajstić information content (AvgIpc) is 2.05. The normalized spacial score (nSPS) is 27.5. The van der Waals surface area contributed by atoms with Gasteiger partial charge in [-0.05, 0) is 31.1 Å². The van der Waals surface area contributed by atoms with Crippen LogP contribution in [0.2, 0.25) is 0 Å². The quantitative estimate of drug-likeness (QED) is 0.544. The van der Waals surface area contributed by atoms with E-state index in [0.29, 0.717) is 11.8 Å². The fourth-order valence-corrected chi connectivity index (χ4v) is 2.09. The number of hydrogen-bond acceptors (Lipinski definition) is 1. The largest absolute Gasteiger partial charge is 0.193 e. The molecule has 0 amide bonds. The van der Waals surface area contributed by atoms with Crippen LogP contribution in [0.15, 0.2) is 11.6 Å². The molecule has 1 nitrogen and oxygen atoms in total. The van der Waals surface area contributed by atoms with Crippen molar-refractivity contribution >= 4 is 0 Å². The molecule has 1 heteroatoms. The van der Waals surface area contributed by atoms with Crippen LogP contribution in [0.5, 0.6) is 0 Å². The molecule has 1 aliphatic rings. The van der Waals surface area contributed by atoms with E-state index in [2.05, 4.69) is 19.9 Å². The topological polar surface area (TPSA) is 23.8 Å². The van der Waals surface area contributed by atoms with Gasteiger partial charge in [0.15, 0.2) is 0 Å². The molecule has 1 saturated carbocycles. The molecule has 0 radical (unpaired) electrons. The molecule has 1 rings (SSSR count). The van der Waals surface area contributed by atoms with E-state index in [1.807, 2.05) is 0 Å². The van der Waals surface area contributed by atoms with Crippen molar-refractivity contribution in [1.29, 1.82) is 5.26 Å². The van der Waals surface area contributed by atoms with Crippen molar-refractivity contribution in [1.82, 2.24) is 0 Å². The zero-order valence-electron chi connectivity index (χ0n) is 8.01. The lowest BCUT2D eigenvalue weighted by atomic mass is 9.78. The first kappa shape index (κ1) is 9.32. The number of hydrogen-bond donors (Lipinski definition) is 0. The molecule has 1 aliphatic carbocycles. The Balaban J connectivity index is 2.68. The van der Waals surface area contributed by atoms with Gasteiger partial charge in [0, 0.05) is 6.08 Å². The van der Waals surface area contributed by atoms with E-state index in [-0.39, 0.29) is 0 Å². The minimum atomic E-state index is 0.679. The van der Waals surface area contributed by atoms with Crippen LogP contribution in [-0.4, -0.2) is 0 Å². The third-order valence-electron chi connectivity index (χ3n) is 2.76. The van der Waals surface area contributed by atoms with E-state index in [1.54, 1.807) is 6.08 Å². The Morgan fingerprint density at radius 2 is 2.25 bits per heavy atom. The van der Waals surface area contributed by atoms with Crippen molar-refractivity contribution in [2.75, 3.05) is 0 Å². The van der Waals surface area contributed by atoms with Gasteiger partial charge in [-0.25, -0.2) is 0 Å². The predicted octanol–water partition coefficient (Wildman–Crippen LogP) is 3.28. The molecule has 1 fully saturated rings. The van der Waals surface area contributed by atoms with Gasteiger partial charge < -0.3 is 0 Å². The van der Waals surface area contributed by atoms with E-state index in [9.17, 15) is 0 Å². The second-order valence-corrected chi connectivity index (χ2v) is 3.94. The monoisotopic (exact) mass is 163 g/mol. The van der Waals surface area contributed by atoms with E-state index >= 15 is 0 Å². The summed E-state index contributed by atoms with van der Waals surface area (Å²) in [6, 6.07) is 2.16. The third kappa shape index (κ3) is 2.11. The summed E-state index contributed by atoms with van der Waals surface area (Å²) in [5.74, 6) is 1.38. The Morgan fingerprint density at radius 1 is 1.50 bits per heavy atom. The van der Waals surface area contributed by atoms with Crippen molar-refractivity contribution in [3.05, 3.63) is 11.6 Å². The third-order valence-corrected chi connectivity index (χ3v) is 2.76. The van der Waals surface area contributed by atoms with Gasteiger partial charge in [0.05, 0.1) is 6.07 Å². The molecule has 0 bridgehead atoms. The molecule has 66 valence electrons.